The van der Waals surface area contributed by atoms with E-state index in [0.717, 1.165) is 5.56 Å². The van der Waals surface area contributed by atoms with Crippen LogP contribution >= 0.6 is 23.2 Å². The molecule has 4 nitrogen and oxygen atoms in total. The lowest BCUT2D eigenvalue weighted by Crippen LogP contribution is -2.11. The second kappa shape index (κ2) is 6.86. The average molecular weight is 346 g/mol. The maximum absolute atomic E-state index is 12.2. The summed E-state index contributed by atoms with van der Waals surface area (Å²) in [6, 6.07) is 14.5. The summed E-state index contributed by atoms with van der Waals surface area (Å²) in [4.78, 5) is 12.2. The molecule has 23 heavy (non-hydrogen) atoms. The van der Waals surface area contributed by atoms with E-state index in [2.05, 4.69) is 10.4 Å². The van der Waals surface area contributed by atoms with Crippen molar-refractivity contribution in [3.63, 3.8) is 0 Å². The van der Waals surface area contributed by atoms with Crippen LogP contribution in [0.2, 0.25) is 10.0 Å². The third kappa shape index (κ3) is 3.92. The van der Waals surface area contributed by atoms with E-state index in [4.69, 9.17) is 23.2 Å². The van der Waals surface area contributed by atoms with Crippen LogP contribution in [0.15, 0.2) is 60.9 Å². The lowest BCUT2D eigenvalue weighted by atomic mass is 10.2. The minimum atomic E-state index is -0.266. The molecule has 0 saturated carbocycles. The molecule has 0 radical (unpaired) electrons. The van der Waals surface area contributed by atoms with E-state index in [9.17, 15) is 4.79 Å². The van der Waals surface area contributed by atoms with E-state index in [1.54, 1.807) is 41.3 Å². The molecule has 2 aromatic carbocycles. The first-order chi connectivity index (χ1) is 11.1. The van der Waals surface area contributed by atoms with Crippen LogP contribution in [0.1, 0.15) is 15.9 Å². The van der Waals surface area contributed by atoms with Crippen LogP contribution in [0.3, 0.4) is 0 Å². The fourth-order valence-electron chi connectivity index (χ4n) is 2.18. The zero-order valence-corrected chi connectivity index (χ0v) is 13.6. The predicted molar refractivity (Wildman–Crippen MR) is 92.2 cm³/mol. The first-order valence-electron chi connectivity index (χ1n) is 6.94. The number of halogens is 2. The van der Waals surface area contributed by atoms with Crippen LogP contribution in [0, 0.1) is 0 Å². The highest BCUT2D eigenvalue weighted by atomic mass is 35.5. The van der Waals surface area contributed by atoms with Crippen molar-refractivity contribution in [2.45, 2.75) is 6.54 Å². The predicted octanol–water partition coefficient (Wildman–Crippen LogP) is 4.49. The number of rotatable bonds is 4. The number of anilines is 1. The third-order valence-electron chi connectivity index (χ3n) is 3.24. The molecule has 1 amide bonds. The summed E-state index contributed by atoms with van der Waals surface area (Å²) in [5.41, 5.74) is 2.07. The second-order valence-corrected chi connectivity index (χ2v) is 5.83. The quantitative estimate of drug-likeness (QED) is 0.757. The lowest BCUT2D eigenvalue weighted by molar-refractivity contribution is 0.102. The Labute approximate surface area is 143 Å². The highest BCUT2D eigenvalue weighted by Crippen LogP contribution is 2.17. The lowest BCUT2D eigenvalue weighted by Gasteiger charge is -2.04. The van der Waals surface area contributed by atoms with Gasteiger partial charge in [0.2, 0.25) is 0 Å². The van der Waals surface area contributed by atoms with Gasteiger partial charge in [-0.1, -0.05) is 47.5 Å². The fraction of sp³-hybridized carbons (Fsp3) is 0.0588. The van der Waals surface area contributed by atoms with Crippen molar-refractivity contribution in [3.8, 4) is 0 Å². The van der Waals surface area contributed by atoms with Crippen LogP contribution in [0.5, 0.6) is 0 Å². The van der Waals surface area contributed by atoms with E-state index < -0.39 is 0 Å². The summed E-state index contributed by atoms with van der Waals surface area (Å²) in [5.74, 6) is -0.266. The average Bonchev–Trinajstić information content (AvgIpc) is 2.94. The Balaban J connectivity index is 1.70. The maximum Gasteiger partial charge on any atom is 0.257 e. The van der Waals surface area contributed by atoms with Gasteiger partial charge in [0.05, 0.1) is 29.0 Å². The van der Waals surface area contributed by atoms with E-state index in [-0.39, 0.29) is 5.91 Å². The first kappa shape index (κ1) is 15.6. The second-order valence-electron chi connectivity index (χ2n) is 4.99. The molecule has 0 bridgehead atoms. The molecule has 0 saturated heterocycles. The van der Waals surface area contributed by atoms with Gasteiger partial charge in [0.25, 0.3) is 5.91 Å². The molecule has 0 unspecified atom stereocenters. The number of nitrogens with zero attached hydrogens (tertiary/aromatic N) is 2. The molecule has 1 heterocycles. The molecular weight excluding hydrogens is 333 g/mol. The smallest absolute Gasteiger partial charge is 0.257 e. The van der Waals surface area contributed by atoms with Gasteiger partial charge in [-0.15, -0.1) is 0 Å². The molecule has 0 aliphatic heterocycles. The molecule has 3 rings (SSSR count). The zero-order chi connectivity index (χ0) is 16.2. The van der Waals surface area contributed by atoms with Crippen LogP contribution in [0.4, 0.5) is 5.69 Å². The van der Waals surface area contributed by atoms with E-state index in [0.29, 0.717) is 27.8 Å². The van der Waals surface area contributed by atoms with E-state index in [1.807, 2.05) is 24.3 Å². The Morgan fingerprint density at radius 2 is 1.96 bits per heavy atom. The molecule has 0 aliphatic rings. The summed E-state index contributed by atoms with van der Waals surface area (Å²) >= 11 is 12.0. The van der Waals surface area contributed by atoms with Crippen molar-refractivity contribution >= 4 is 34.8 Å². The van der Waals surface area contributed by atoms with Crippen LogP contribution in [0.25, 0.3) is 0 Å². The molecule has 1 N–H and O–H groups in total. The van der Waals surface area contributed by atoms with Gasteiger partial charge < -0.3 is 5.32 Å². The van der Waals surface area contributed by atoms with Gasteiger partial charge >= 0.3 is 0 Å². The highest BCUT2D eigenvalue weighted by Gasteiger charge is 2.10. The van der Waals surface area contributed by atoms with Gasteiger partial charge in [0.1, 0.15) is 0 Å². The molecule has 1 aromatic heterocycles. The zero-order valence-electron chi connectivity index (χ0n) is 12.0. The van der Waals surface area contributed by atoms with Crippen molar-refractivity contribution < 1.29 is 4.79 Å². The largest absolute Gasteiger partial charge is 0.319 e. The standard InChI is InChI=1S/C17H13Cl2N3O/c18-13-5-3-4-12(8-13)10-22-11-14(9-20-22)21-17(23)15-6-1-2-7-16(15)19/h1-9,11H,10H2,(H,21,23). The van der Waals surface area contributed by atoms with Crippen molar-refractivity contribution in [2.75, 3.05) is 5.32 Å². The topological polar surface area (TPSA) is 46.9 Å². The summed E-state index contributed by atoms with van der Waals surface area (Å²) in [6.45, 7) is 0.572. The molecule has 0 atom stereocenters. The molecule has 3 aromatic rings. The number of carbonyl (C=O) groups is 1. The number of hydrogen-bond donors (Lipinski definition) is 1. The Bertz CT molecular complexity index is 845. The Kier molecular flexibility index (Phi) is 4.65. The van der Waals surface area contributed by atoms with Gasteiger partial charge in [0, 0.05) is 11.2 Å². The summed E-state index contributed by atoms with van der Waals surface area (Å²) in [7, 11) is 0. The van der Waals surface area contributed by atoms with Gasteiger partial charge in [-0.3, -0.25) is 9.48 Å². The molecule has 0 spiro atoms. The summed E-state index contributed by atoms with van der Waals surface area (Å²) < 4.78 is 1.73. The molecule has 0 aliphatic carbocycles. The summed E-state index contributed by atoms with van der Waals surface area (Å²) in [5, 5.41) is 8.12. The minimum absolute atomic E-state index is 0.266. The number of amides is 1. The van der Waals surface area contributed by atoms with Gasteiger partial charge in [-0.2, -0.15) is 5.10 Å². The van der Waals surface area contributed by atoms with Crippen molar-refractivity contribution in [1.29, 1.82) is 0 Å². The fourth-order valence-corrected chi connectivity index (χ4v) is 2.62. The number of nitrogens with one attached hydrogen (secondary N) is 1. The van der Waals surface area contributed by atoms with Crippen molar-refractivity contribution in [1.82, 2.24) is 9.78 Å². The molecular formula is C17H13Cl2N3O. The maximum atomic E-state index is 12.2. The van der Waals surface area contributed by atoms with Gasteiger partial charge in [0.15, 0.2) is 0 Å². The van der Waals surface area contributed by atoms with Crippen molar-refractivity contribution in [3.05, 3.63) is 82.1 Å². The van der Waals surface area contributed by atoms with E-state index in [1.165, 1.54) is 0 Å². The number of hydrogen-bond acceptors (Lipinski definition) is 2. The highest BCUT2D eigenvalue weighted by molar-refractivity contribution is 6.34. The van der Waals surface area contributed by atoms with Gasteiger partial charge in [-0.05, 0) is 29.8 Å². The first-order valence-corrected chi connectivity index (χ1v) is 7.70. The number of carbonyl (C=O) groups excluding carboxylic acids is 1. The molecule has 0 fully saturated rings. The number of benzene rings is 2. The van der Waals surface area contributed by atoms with Crippen LogP contribution in [-0.4, -0.2) is 15.7 Å². The van der Waals surface area contributed by atoms with E-state index >= 15 is 0 Å². The summed E-state index contributed by atoms with van der Waals surface area (Å²) in [6.07, 6.45) is 3.36. The number of aromatic nitrogens is 2. The Morgan fingerprint density at radius 1 is 1.13 bits per heavy atom. The Morgan fingerprint density at radius 3 is 2.74 bits per heavy atom. The SMILES string of the molecule is O=C(Nc1cnn(Cc2cccc(Cl)c2)c1)c1ccccc1Cl. The third-order valence-corrected chi connectivity index (χ3v) is 3.81. The monoisotopic (exact) mass is 345 g/mol. The molecule has 6 heteroatoms. The minimum Gasteiger partial charge on any atom is -0.319 e. The van der Waals surface area contributed by atoms with Crippen LogP contribution < -0.4 is 5.32 Å². The Hall–Kier alpha value is -2.30. The molecule has 116 valence electrons. The van der Waals surface area contributed by atoms with Crippen LogP contribution in [-0.2, 0) is 6.54 Å². The van der Waals surface area contributed by atoms with Crippen molar-refractivity contribution in [2.24, 2.45) is 0 Å². The van der Waals surface area contributed by atoms with Gasteiger partial charge in [-0.25, -0.2) is 0 Å². The normalized spacial score (nSPS) is 10.5.